The second kappa shape index (κ2) is 8.06. The zero-order valence-electron chi connectivity index (χ0n) is 11.6. The summed E-state index contributed by atoms with van der Waals surface area (Å²) in [5, 5.41) is 13.0. The lowest BCUT2D eigenvalue weighted by atomic mass is 9.89. The second-order valence-electron chi connectivity index (χ2n) is 5.93. The summed E-state index contributed by atoms with van der Waals surface area (Å²) in [7, 11) is 0. The van der Waals surface area contributed by atoms with E-state index in [1.165, 1.54) is 12.8 Å². The van der Waals surface area contributed by atoms with Crippen molar-refractivity contribution < 1.29 is 9.84 Å². The van der Waals surface area contributed by atoms with Gasteiger partial charge >= 0.3 is 0 Å². The van der Waals surface area contributed by atoms with Crippen molar-refractivity contribution in [3.63, 3.8) is 0 Å². The molecule has 1 aliphatic carbocycles. The van der Waals surface area contributed by atoms with Crippen LogP contribution in [0.2, 0.25) is 0 Å². The summed E-state index contributed by atoms with van der Waals surface area (Å²) in [6.07, 6.45) is 4.93. The van der Waals surface area contributed by atoms with Crippen LogP contribution in [0.1, 0.15) is 46.5 Å². The van der Waals surface area contributed by atoms with Crippen LogP contribution in [0.5, 0.6) is 0 Å². The smallest absolute Gasteiger partial charge is 0.0897 e. The van der Waals surface area contributed by atoms with Gasteiger partial charge in [-0.3, -0.25) is 0 Å². The number of rotatable bonds is 7. The molecule has 0 spiro atoms. The molecular formula is C14H29NO2. The minimum Gasteiger partial charge on any atom is -0.389 e. The van der Waals surface area contributed by atoms with E-state index in [9.17, 15) is 5.11 Å². The topological polar surface area (TPSA) is 41.5 Å². The highest BCUT2D eigenvalue weighted by molar-refractivity contribution is 4.71. The fourth-order valence-corrected chi connectivity index (χ4v) is 2.37. The quantitative estimate of drug-likeness (QED) is 0.720. The highest BCUT2D eigenvalue weighted by Gasteiger charge is 2.20. The van der Waals surface area contributed by atoms with Gasteiger partial charge in [0.2, 0.25) is 0 Å². The van der Waals surface area contributed by atoms with Crippen molar-refractivity contribution in [2.45, 2.75) is 58.7 Å². The molecule has 0 unspecified atom stereocenters. The van der Waals surface area contributed by atoms with Crippen molar-refractivity contribution >= 4 is 0 Å². The first-order chi connectivity index (χ1) is 8.08. The van der Waals surface area contributed by atoms with Gasteiger partial charge in [-0.05, 0) is 31.2 Å². The van der Waals surface area contributed by atoms with Crippen LogP contribution in [0.25, 0.3) is 0 Å². The summed E-state index contributed by atoms with van der Waals surface area (Å²) in [4.78, 5) is 0. The molecule has 2 N–H and O–H groups in total. The summed E-state index contributed by atoms with van der Waals surface area (Å²) < 4.78 is 5.78. The van der Waals surface area contributed by atoms with E-state index in [1.54, 1.807) is 0 Å². The number of aliphatic hydroxyl groups is 1. The Bertz CT molecular complexity index is 197. The number of ether oxygens (including phenoxy) is 1. The summed E-state index contributed by atoms with van der Waals surface area (Å²) in [5.41, 5.74) is 0. The normalized spacial score (nSPS) is 27.4. The SMILES string of the molecule is CC(C)CNC[C@H](O)CO[C@H]1CCC[C@H](C)C1. The van der Waals surface area contributed by atoms with Gasteiger partial charge in [0.1, 0.15) is 0 Å². The maximum Gasteiger partial charge on any atom is 0.0897 e. The second-order valence-corrected chi connectivity index (χ2v) is 5.93. The van der Waals surface area contributed by atoms with Gasteiger partial charge < -0.3 is 15.2 Å². The number of hydrogen-bond donors (Lipinski definition) is 2. The lowest BCUT2D eigenvalue weighted by molar-refractivity contribution is -0.0306. The van der Waals surface area contributed by atoms with Gasteiger partial charge in [0.05, 0.1) is 18.8 Å². The van der Waals surface area contributed by atoms with Crippen LogP contribution in [0, 0.1) is 11.8 Å². The Labute approximate surface area is 106 Å². The Hall–Kier alpha value is -0.120. The Morgan fingerprint density at radius 3 is 2.71 bits per heavy atom. The number of nitrogens with one attached hydrogen (secondary N) is 1. The predicted molar refractivity (Wildman–Crippen MR) is 71.1 cm³/mol. The van der Waals surface area contributed by atoms with Crippen LogP contribution in [0.15, 0.2) is 0 Å². The van der Waals surface area contributed by atoms with E-state index in [2.05, 4.69) is 26.1 Å². The van der Waals surface area contributed by atoms with Crippen LogP contribution >= 0.6 is 0 Å². The molecule has 0 amide bonds. The highest BCUT2D eigenvalue weighted by atomic mass is 16.5. The Morgan fingerprint density at radius 2 is 2.06 bits per heavy atom. The third-order valence-corrected chi connectivity index (χ3v) is 3.35. The first kappa shape index (κ1) is 14.9. The molecule has 0 aliphatic heterocycles. The molecule has 1 saturated carbocycles. The maximum atomic E-state index is 9.77. The molecule has 1 aliphatic rings. The Kier molecular flexibility index (Phi) is 7.09. The van der Waals surface area contributed by atoms with E-state index in [1.807, 2.05) is 0 Å². The van der Waals surface area contributed by atoms with Gasteiger partial charge in [0, 0.05) is 6.54 Å². The zero-order chi connectivity index (χ0) is 12.7. The molecule has 1 fully saturated rings. The largest absolute Gasteiger partial charge is 0.389 e. The lowest BCUT2D eigenvalue weighted by Gasteiger charge is -2.27. The molecule has 3 heteroatoms. The summed E-state index contributed by atoms with van der Waals surface area (Å²) in [6.45, 7) is 8.69. The molecular weight excluding hydrogens is 214 g/mol. The predicted octanol–water partition coefficient (Wildman–Crippen LogP) is 2.19. The van der Waals surface area contributed by atoms with E-state index in [0.717, 1.165) is 25.3 Å². The lowest BCUT2D eigenvalue weighted by Crippen LogP contribution is -2.34. The molecule has 0 aromatic rings. The first-order valence-corrected chi connectivity index (χ1v) is 7.08. The summed E-state index contributed by atoms with van der Waals surface area (Å²) in [5.74, 6) is 1.41. The zero-order valence-corrected chi connectivity index (χ0v) is 11.6. The van der Waals surface area contributed by atoms with Crippen molar-refractivity contribution in [2.75, 3.05) is 19.7 Å². The van der Waals surface area contributed by atoms with Gasteiger partial charge in [-0.15, -0.1) is 0 Å². The molecule has 0 heterocycles. The third-order valence-electron chi connectivity index (χ3n) is 3.35. The van der Waals surface area contributed by atoms with E-state index in [4.69, 9.17) is 4.74 Å². The van der Waals surface area contributed by atoms with Crippen molar-refractivity contribution in [1.82, 2.24) is 5.32 Å². The highest BCUT2D eigenvalue weighted by Crippen LogP contribution is 2.25. The fourth-order valence-electron chi connectivity index (χ4n) is 2.37. The van der Waals surface area contributed by atoms with Gasteiger partial charge in [0.15, 0.2) is 0 Å². The van der Waals surface area contributed by atoms with Gasteiger partial charge in [-0.2, -0.15) is 0 Å². The molecule has 0 radical (unpaired) electrons. The molecule has 3 nitrogen and oxygen atoms in total. The molecule has 17 heavy (non-hydrogen) atoms. The molecule has 0 bridgehead atoms. The average molecular weight is 243 g/mol. The van der Waals surface area contributed by atoms with Crippen molar-refractivity contribution in [3.05, 3.63) is 0 Å². The Morgan fingerprint density at radius 1 is 1.29 bits per heavy atom. The maximum absolute atomic E-state index is 9.77. The van der Waals surface area contributed by atoms with Crippen molar-refractivity contribution in [3.8, 4) is 0 Å². The minimum atomic E-state index is -0.369. The third kappa shape index (κ3) is 7.02. The van der Waals surface area contributed by atoms with Gasteiger partial charge in [-0.1, -0.05) is 33.6 Å². The van der Waals surface area contributed by atoms with E-state index >= 15 is 0 Å². The van der Waals surface area contributed by atoms with Crippen LogP contribution in [0.4, 0.5) is 0 Å². The number of aliphatic hydroxyl groups excluding tert-OH is 1. The molecule has 1 rings (SSSR count). The standard InChI is InChI=1S/C14H29NO2/c1-11(2)8-15-9-13(16)10-17-14-6-4-5-12(3)7-14/h11-16H,4-10H2,1-3H3/t12-,13-,14-/m0/s1. The van der Waals surface area contributed by atoms with E-state index in [0.29, 0.717) is 25.2 Å². The van der Waals surface area contributed by atoms with Crippen molar-refractivity contribution in [2.24, 2.45) is 11.8 Å². The van der Waals surface area contributed by atoms with Crippen LogP contribution in [-0.4, -0.2) is 37.0 Å². The molecule has 0 saturated heterocycles. The molecule has 0 aromatic carbocycles. The minimum absolute atomic E-state index is 0.369. The number of hydrogen-bond acceptors (Lipinski definition) is 3. The summed E-state index contributed by atoms with van der Waals surface area (Å²) >= 11 is 0. The van der Waals surface area contributed by atoms with Crippen LogP contribution in [0.3, 0.4) is 0 Å². The first-order valence-electron chi connectivity index (χ1n) is 7.08. The van der Waals surface area contributed by atoms with E-state index in [-0.39, 0.29) is 6.10 Å². The molecule has 102 valence electrons. The Balaban J connectivity index is 2.04. The molecule has 3 atom stereocenters. The fraction of sp³-hybridized carbons (Fsp3) is 1.00. The molecule has 0 aromatic heterocycles. The van der Waals surface area contributed by atoms with Crippen LogP contribution in [-0.2, 0) is 4.74 Å². The van der Waals surface area contributed by atoms with Crippen LogP contribution < -0.4 is 5.32 Å². The van der Waals surface area contributed by atoms with Gasteiger partial charge in [0.25, 0.3) is 0 Å². The van der Waals surface area contributed by atoms with Crippen molar-refractivity contribution in [1.29, 1.82) is 0 Å². The van der Waals surface area contributed by atoms with E-state index < -0.39 is 0 Å². The summed E-state index contributed by atoms with van der Waals surface area (Å²) in [6, 6.07) is 0. The monoisotopic (exact) mass is 243 g/mol. The average Bonchev–Trinajstić information content (AvgIpc) is 2.26. The van der Waals surface area contributed by atoms with Gasteiger partial charge in [-0.25, -0.2) is 0 Å².